The molecular formula is C10H14N4O3. The standard InChI is InChI=1S/C10H14N4O3/c11-13-9(15)8-3-2-7(17-8)6-14-5-1-4-12-10(14)16/h1,4-5,7-8H,2-3,6,11H2,(H,13,15). The van der Waals surface area contributed by atoms with Crippen molar-refractivity contribution >= 4 is 5.91 Å². The van der Waals surface area contributed by atoms with Gasteiger partial charge < -0.3 is 4.74 Å². The number of nitrogens with one attached hydrogen (secondary N) is 1. The summed E-state index contributed by atoms with van der Waals surface area (Å²) in [5.74, 6) is 4.70. The summed E-state index contributed by atoms with van der Waals surface area (Å²) < 4.78 is 6.96. The van der Waals surface area contributed by atoms with Crippen LogP contribution in [0.1, 0.15) is 12.8 Å². The van der Waals surface area contributed by atoms with Crippen LogP contribution in [0.3, 0.4) is 0 Å². The van der Waals surface area contributed by atoms with E-state index in [2.05, 4.69) is 10.4 Å². The summed E-state index contributed by atoms with van der Waals surface area (Å²) in [6.07, 6.45) is 3.76. The molecule has 1 saturated heterocycles. The van der Waals surface area contributed by atoms with Gasteiger partial charge in [-0.15, -0.1) is 0 Å². The van der Waals surface area contributed by atoms with E-state index in [0.29, 0.717) is 13.0 Å². The van der Waals surface area contributed by atoms with Crippen molar-refractivity contribution < 1.29 is 9.53 Å². The molecule has 1 aliphatic rings. The third-order valence-corrected chi connectivity index (χ3v) is 2.73. The zero-order valence-corrected chi connectivity index (χ0v) is 9.20. The van der Waals surface area contributed by atoms with Crippen LogP contribution in [0.25, 0.3) is 0 Å². The second-order valence-corrected chi connectivity index (χ2v) is 3.89. The van der Waals surface area contributed by atoms with Gasteiger partial charge in [0.05, 0.1) is 12.6 Å². The minimum absolute atomic E-state index is 0.154. The molecule has 0 aliphatic carbocycles. The summed E-state index contributed by atoms with van der Waals surface area (Å²) in [5.41, 5.74) is 1.74. The van der Waals surface area contributed by atoms with E-state index in [1.165, 1.54) is 10.8 Å². The van der Waals surface area contributed by atoms with Crippen LogP contribution < -0.4 is 17.0 Å². The van der Waals surface area contributed by atoms with Crippen molar-refractivity contribution in [2.45, 2.75) is 31.6 Å². The van der Waals surface area contributed by atoms with Crippen LogP contribution >= 0.6 is 0 Å². The van der Waals surface area contributed by atoms with Crippen molar-refractivity contribution in [1.82, 2.24) is 15.0 Å². The topological polar surface area (TPSA) is 99.2 Å². The van der Waals surface area contributed by atoms with Crippen LogP contribution in [0.4, 0.5) is 0 Å². The fourth-order valence-electron chi connectivity index (χ4n) is 1.87. The van der Waals surface area contributed by atoms with E-state index in [9.17, 15) is 9.59 Å². The van der Waals surface area contributed by atoms with Crippen molar-refractivity contribution in [3.05, 3.63) is 28.9 Å². The molecule has 17 heavy (non-hydrogen) atoms. The van der Waals surface area contributed by atoms with Crippen molar-refractivity contribution in [3.63, 3.8) is 0 Å². The number of hydrogen-bond acceptors (Lipinski definition) is 5. The van der Waals surface area contributed by atoms with Gasteiger partial charge in [0.2, 0.25) is 0 Å². The number of carbonyl (C=O) groups is 1. The molecule has 2 atom stereocenters. The predicted molar refractivity (Wildman–Crippen MR) is 58.7 cm³/mol. The van der Waals surface area contributed by atoms with Crippen LogP contribution in [-0.4, -0.2) is 27.7 Å². The van der Waals surface area contributed by atoms with Crippen LogP contribution in [0, 0.1) is 0 Å². The molecule has 92 valence electrons. The highest BCUT2D eigenvalue weighted by Crippen LogP contribution is 2.20. The van der Waals surface area contributed by atoms with E-state index < -0.39 is 6.10 Å². The Morgan fingerprint density at radius 1 is 1.65 bits per heavy atom. The Balaban J connectivity index is 1.97. The number of rotatable bonds is 3. The molecule has 1 fully saturated rings. The normalized spacial score (nSPS) is 23.6. The molecule has 3 N–H and O–H groups in total. The monoisotopic (exact) mass is 238 g/mol. The third kappa shape index (κ3) is 2.69. The highest BCUT2D eigenvalue weighted by Gasteiger charge is 2.30. The summed E-state index contributed by atoms with van der Waals surface area (Å²) in [5, 5.41) is 0. The lowest BCUT2D eigenvalue weighted by molar-refractivity contribution is -0.132. The van der Waals surface area contributed by atoms with E-state index in [1.807, 2.05) is 0 Å². The zero-order valence-electron chi connectivity index (χ0n) is 9.20. The van der Waals surface area contributed by atoms with E-state index >= 15 is 0 Å². The molecule has 0 aromatic carbocycles. The summed E-state index contributed by atoms with van der Waals surface area (Å²) >= 11 is 0. The van der Waals surface area contributed by atoms with Gasteiger partial charge in [0.15, 0.2) is 0 Å². The first kappa shape index (κ1) is 11.7. The molecule has 7 nitrogen and oxygen atoms in total. The average molecular weight is 238 g/mol. The highest BCUT2D eigenvalue weighted by molar-refractivity contribution is 5.80. The molecule has 1 aromatic rings. The number of ether oxygens (including phenoxy) is 1. The molecule has 2 rings (SSSR count). The van der Waals surface area contributed by atoms with Gasteiger partial charge in [0, 0.05) is 12.4 Å². The zero-order chi connectivity index (χ0) is 12.3. The molecule has 2 heterocycles. The van der Waals surface area contributed by atoms with Gasteiger partial charge in [-0.05, 0) is 18.9 Å². The molecule has 0 saturated carbocycles. The second kappa shape index (κ2) is 5.07. The van der Waals surface area contributed by atoms with Crippen LogP contribution in [-0.2, 0) is 16.1 Å². The lowest BCUT2D eigenvalue weighted by atomic mass is 10.2. The largest absolute Gasteiger partial charge is 0.363 e. The molecular weight excluding hydrogens is 224 g/mol. The minimum atomic E-state index is -0.516. The van der Waals surface area contributed by atoms with Crippen LogP contribution in [0.15, 0.2) is 23.3 Å². The van der Waals surface area contributed by atoms with Crippen molar-refractivity contribution in [1.29, 1.82) is 0 Å². The van der Waals surface area contributed by atoms with Gasteiger partial charge in [-0.3, -0.25) is 14.8 Å². The summed E-state index contributed by atoms with van der Waals surface area (Å²) in [4.78, 5) is 26.3. The van der Waals surface area contributed by atoms with Crippen molar-refractivity contribution in [2.24, 2.45) is 5.84 Å². The summed E-state index contributed by atoms with van der Waals surface area (Å²) in [6, 6.07) is 1.68. The van der Waals surface area contributed by atoms with Gasteiger partial charge >= 0.3 is 5.69 Å². The molecule has 0 bridgehead atoms. The van der Waals surface area contributed by atoms with Crippen molar-refractivity contribution in [2.75, 3.05) is 0 Å². The number of amides is 1. The maximum atomic E-state index is 11.4. The Hall–Kier alpha value is -1.73. The molecule has 7 heteroatoms. The number of nitrogens with two attached hydrogens (primary N) is 1. The molecule has 0 spiro atoms. The number of nitrogens with zero attached hydrogens (tertiary/aromatic N) is 2. The maximum absolute atomic E-state index is 11.4. The van der Waals surface area contributed by atoms with Gasteiger partial charge in [0.1, 0.15) is 6.10 Å². The molecule has 0 radical (unpaired) electrons. The predicted octanol–water partition coefficient (Wildman–Crippen LogP) is -1.22. The quantitative estimate of drug-likeness (QED) is 0.390. The molecule has 1 aromatic heterocycles. The maximum Gasteiger partial charge on any atom is 0.347 e. The van der Waals surface area contributed by atoms with Crippen LogP contribution in [0.2, 0.25) is 0 Å². The smallest absolute Gasteiger partial charge is 0.347 e. The Bertz CT molecular complexity index is 459. The second-order valence-electron chi connectivity index (χ2n) is 3.89. The Kier molecular flexibility index (Phi) is 3.50. The first-order chi connectivity index (χ1) is 8.20. The van der Waals surface area contributed by atoms with E-state index in [-0.39, 0.29) is 17.7 Å². The lowest BCUT2D eigenvalue weighted by Crippen LogP contribution is -2.39. The third-order valence-electron chi connectivity index (χ3n) is 2.73. The highest BCUT2D eigenvalue weighted by atomic mass is 16.5. The fourth-order valence-corrected chi connectivity index (χ4v) is 1.87. The van der Waals surface area contributed by atoms with E-state index in [4.69, 9.17) is 10.6 Å². The van der Waals surface area contributed by atoms with Gasteiger partial charge in [-0.1, -0.05) is 0 Å². The number of aromatic nitrogens is 2. The SMILES string of the molecule is NNC(=O)C1CCC(Cn2cccnc2=O)O1. The number of hydrogen-bond donors (Lipinski definition) is 2. The van der Waals surface area contributed by atoms with Crippen molar-refractivity contribution in [3.8, 4) is 0 Å². The minimum Gasteiger partial charge on any atom is -0.363 e. The first-order valence-electron chi connectivity index (χ1n) is 5.38. The molecule has 1 amide bonds. The number of hydrazine groups is 1. The fraction of sp³-hybridized carbons (Fsp3) is 0.500. The molecule has 1 aliphatic heterocycles. The van der Waals surface area contributed by atoms with Crippen LogP contribution in [0.5, 0.6) is 0 Å². The van der Waals surface area contributed by atoms with Gasteiger partial charge in [0.25, 0.3) is 5.91 Å². The Morgan fingerprint density at radius 3 is 3.18 bits per heavy atom. The molecule has 2 unspecified atom stereocenters. The van der Waals surface area contributed by atoms with Gasteiger partial charge in [-0.2, -0.15) is 0 Å². The van der Waals surface area contributed by atoms with E-state index in [0.717, 1.165) is 6.42 Å². The average Bonchev–Trinajstić information content (AvgIpc) is 2.80. The number of carbonyl (C=O) groups excluding carboxylic acids is 1. The Labute approximate surface area is 97.6 Å². The first-order valence-corrected chi connectivity index (χ1v) is 5.38. The lowest BCUT2D eigenvalue weighted by Gasteiger charge is -2.13. The summed E-state index contributed by atoms with van der Waals surface area (Å²) in [7, 11) is 0. The van der Waals surface area contributed by atoms with E-state index in [1.54, 1.807) is 12.3 Å². The Morgan fingerprint density at radius 2 is 2.47 bits per heavy atom. The van der Waals surface area contributed by atoms with Gasteiger partial charge in [-0.25, -0.2) is 15.6 Å². The summed E-state index contributed by atoms with van der Waals surface area (Å²) in [6.45, 7) is 0.404.